The van der Waals surface area contributed by atoms with Gasteiger partial charge >= 0.3 is 5.97 Å². The summed E-state index contributed by atoms with van der Waals surface area (Å²) in [4.78, 5) is 11.7. The van der Waals surface area contributed by atoms with Gasteiger partial charge in [0.05, 0.1) is 33.4 Å². The number of carbonyl (C=O) groups excluding carboxylic acids is 1. The fourth-order valence-corrected chi connectivity index (χ4v) is 2.98. The van der Waals surface area contributed by atoms with Crippen molar-refractivity contribution in [3.63, 3.8) is 0 Å². The zero-order chi connectivity index (χ0) is 16.8. The van der Waals surface area contributed by atoms with E-state index in [1.54, 1.807) is 21.1 Å². The Bertz CT molecular complexity index is 534. The van der Waals surface area contributed by atoms with Crippen LogP contribution in [0.5, 0.6) is 11.5 Å². The number of nitrogens with one attached hydrogen (secondary N) is 1. The van der Waals surface area contributed by atoms with Gasteiger partial charge in [0, 0.05) is 12.1 Å². The number of benzene rings is 1. The van der Waals surface area contributed by atoms with E-state index in [1.165, 1.54) is 0 Å². The van der Waals surface area contributed by atoms with Crippen LogP contribution in [0.4, 0.5) is 0 Å². The van der Waals surface area contributed by atoms with Gasteiger partial charge in [0.1, 0.15) is 0 Å². The first-order valence-corrected chi connectivity index (χ1v) is 7.89. The molecule has 128 valence electrons. The van der Waals surface area contributed by atoms with E-state index >= 15 is 0 Å². The highest BCUT2D eigenvalue weighted by atomic mass is 16.5. The molecule has 1 saturated heterocycles. The molecule has 6 heteroatoms. The average Bonchev–Trinajstić information content (AvgIpc) is 2.53. The molecular weight excluding hydrogens is 298 g/mol. The maximum atomic E-state index is 11.7. The summed E-state index contributed by atoms with van der Waals surface area (Å²) in [5.74, 6) is 1.06. The van der Waals surface area contributed by atoms with Crippen LogP contribution in [0, 0.1) is 0 Å². The fraction of sp³-hybridized carbons (Fsp3) is 0.588. The van der Waals surface area contributed by atoms with E-state index in [0.717, 1.165) is 5.56 Å². The zero-order valence-electron chi connectivity index (χ0n) is 13.9. The maximum Gasteiger partial charge on any atom is 0.307 e. The topological polar surface area (TPSA) is 77.0 Å². The molecule has 23 heavy (non-hydrogen) atoms. The molecule has 1 aromatic carbocycles. The summed E-state index contributed by atoms with van der Waals surface area (Å²) in [6.45, 7) is 2.15. The Morgan fingerprint density at radius 1 is 1.26 bits per heavy atom. The predicted octanol–water partition coefficient (Wildman–Crippen LogP) is 1.81. The van der Waals surface area contributed by atoms with E-state index in [-0.39, 0.29) is 24.5 Å². The van der Waals surface area contributed by atoms with Gasteiger partial charge in [-0.15, -0.1) is 0 Å². The first-order valence-electron chi connectivity index (χ1n) is 7.89. The Balaban J connectivity index is 2.10. The lowest BCUT2D eigenvalue weighted by Gasteiger charge is -2.34. The highest BCUT2D eigenvalue weighted by molar-refractivity contribution is 5.70. The molecule has 0 aromatic heterocycles. The molecule has 2 rings (SSSR count). The quantitative estimate of drug-likeness (QED) is 0.778. The molecule has 0 unspecified atom stereocenters. The molecule has 3 atom stereocenters. The van der Waals surface area contributed by atoms with Gasteiger partial charge in [-0.2, -0.15) is 0 Å². The summed E-state index contributed by atoms with van der Waals surface area (Å²) in [5.41, 5.74) is 0.996. The predicted molar refractivity (Wildman–Crippen MR) is 85.7 cm³/mol. The van der Waals surface area contributed by atoms with Crippen molar-refractivity contribution in [1.82, 2.24) is 5.32 Å². The van der Waals surface area contributed by atoms with Crippen LogP contribution < -0.4 is 14.8 Å². The van der Waals surface area contributed by atoms with Crippen molar-refractivity contribution in [2.75, 3.05) is 20.8 Å². The monoisotopic (exact) mass is 323 g/mol. The van der Waals surface area contributed by atoms with E-state index < -0.39 is 6.10 Å². The molecule has 1 aliphatic heterocycles. The molecule has 6 nitrogen and oxygen atoms in total. The van der Waals surface area contributed by atoms with Crippen molar-refractivity contribution in [3.8, 4) is 11.5 Å². The Labute approximate surface area is 136 Å². The average molecular weight is 323 g/mol. The Hall–Kier alpha value is -1.79. The van der Waals surface area contributed by atoms with Crippen LogP contribution in [0.25, 0.3) is 0 Å². The molecule has 1 heterocycles. The number of rotatable bonds is 6. The summed E-state index contributed by atoms with van der Waals surface area (Å²) in [6.07, 6.45) is 0.945. The molecule has 0 bridgehead atoms. The molecule has 1 fully saturated rings. The summed E-state index contributed by atoms with van der Waals surface area (Å²) in [7, 11) is 3.18. The molecule has 0 spiro atoms. The summed E-state index contributed by atoms with van der Waals surface area (Å²) in [5, 5.41) is 13.6. The van der Waals surface area contributed by atoms with Gasteiger partial charge in [0.2, 0.25) is 0 Å². The number of ether oxygens (including phenoxy) is 3. The third-order valence-electron chi connectivity index (χ3n) is 4.03. The minimum Gasteiger partial charge on any atom is -0.493 e. The second-order valence-electron chi connectivity index (χ2n) is 5.66. The van der Waals surface area contributed by atoms with Gasteiger partial charge in [-0.3, -0.25) is 4.79 Å². The summed E-state index contributed by atoms with van der Waals surface area (Å²) in [6, 6.07) is 5.54. The van der Waals surface area contributed by atoms with Gasteiger partial charge < -0.3 is 24.6 Å². The first kappa shape index (κ1) is 17.6. The van der Waals surface area contributed by atoms with Gasteiger partial charge in [0.25, 0.3) is 0 Å². The number of hydrogen-bond donors (Lipinski definition) is 2. The molecule has 1 aliphatic rings. The van der Waals surface area contributed by atoms with Crippen molar-refractivity contribution in [2.24, 2.45) is 0 Å². The second kappa shape index (κ2) is 8.17. The maximum absolute atomic E-state index is 11.7. The van der Waals surface area contributed by atoms with E-state index in [4.69, 9.17) is 14.2 Å². The highest BCUT2D eigenvalue weighted by Gasteiger charge is 2.30. The van der Waals surface area contributed by atoms with E-state index in [9.17, 15) is 9.90 Å². The SMILES string of the molecule is CCOC(=O)C[C@H]1C[C@H](O)C[C@@H](c2ccc(OC)c(OC)c2)N1. The molecule has 1 aromatic rings. The normalized spacial score (nSPS) is 24.1. The first-order chi connectivity index (χ1) is 11.1. The smallest absolute Gasteiger partial charge is 0.307 e. The van der Waals surface area contributed by atoms with Crippen LogP contribution in [0.1, 0.15) is 37.8 Å². The summed E-state index contributed by atoms with van der Waals surface area (Å²) < 4.78 is 15.6. The highest BCUT2D eigenvalue weighted by Crippen LogP contribution is 2.33. The number of aliphatic hydroxyl groups excluding tert-OH is 1. The van der Waals surface area contributed by atoms with E-state index in [0.29, 0.717) is 30.9 Å². The molecule has 0 aliphatic carbocycles. The van der Waals surface area contributed by atoms with Gasteiger partial charge in [-0.25, -0.2) is 0 Å². The van der Waals surface area contributed by atoms with E-state index in [1.807, 2.05) is 18.2 Å². The number of esters is 1. The molecule has 0 radical (unpaired) electrons. The van der Waals surface area contributed by atoms with Crippen molar-refractivity contribution < 1.29 is 24.1 Å². The molecular formula is C17H25NO5. The van der Waals surface area contributed by atoms with Crippen molar-refractivity contribution in [1.29, 1.82) is 0 Å². The Morgan fingerprint density at radius 3 is 2.65 bits per heavy atom. The third-order valence-corrected chi connectivity index (χ3v) is 4.03. The second-order valence-corrected chi connectivity index (χ2v) is 5.66. The summed E-state index contributed by atoms with van der Waals surface area (Å²) >= 11 is 0. The molecule has 0 saturated carbocycles. The van der Waals surface area contributed by atoms with Crippen molar-refractivity contribution >= 4 is 5.97 Å². The Morgan fingerprint density at radius 2 is 2.00 bits per heavy atom. The van der Waals surface area contributed by atoms with Crippen LogP contribution in [-0.2, 0) is 9.53 Å². The van der Waals surface area contributed by atoms with Crippen LogP contribution in [0.2, 0.25) is 0 Å². The van der Waals surface area contributed by atoms with Crippen LogP contribution in [0.3, 0.4) is 0 Å². The number of methoxy groups -OCH3 is 2. The lowest BCUT2D eigenvalue weighted by Crippen LogP contribution is -2.43. The van der Waals surface area contributed by atoms with E-state index in [2.05, 4.69) is 5.32 Å². The Kier molecular flexibility index (Phi) is 6.24. The molecule has 2 N–H and O–H groups in total. The largest absolute Gasteiger partial charge is 0.493 e. The molecule has 0 amide bonds. The third kappa shape index (κ3) is 4.59. The lowest BCUT2D eigenvalue weighted by molar-refractivity contribution is -0.144. The number of piperidine rings is 1. The lowest BCUT2D eigenvalue weighted by atomic mass is 9.90. The minimum absolute atomic E-state index is 0.0435. The minimum atomic E-state index is -0.450. The van der Waals surface area contributed by atoms with Crippen molar-refractivity contribution in [3.05, 3.63) is 23.8 Å². The van der Waals surface area contributed by atoms with Crippen LogP contribution in [-0.4, -0.2) is 44.0 Å². The van der Waals surface area contributed by atoms with Gasteiger partial charge in [-0.05, 0) is 37.5 Å². The zero-order valence-corrected chi connectivity index (χ0v) is 13.9. The van der Waals surface area contributed by atoms with Crippen molar-refractivity contribution in [2.45, 2.75) is 44.4 Å². The standard InChI is InChI=1S/C17H25NO5/c1-4-23-17(20)9-12-8-13(19)10-14(18-12)11-5-6-15(21-2)16(7-11)22-3/h5-7,12-14,18-19H,4,8-10H2,1-3H3/t12-,13+,14+/m1/s1. The van der Waals surface area contributed by atoms with Crippen LogP contribution in [0.15, 0.2) is 18.2 Å². The number of hydrogen-bond acceptors (Lipinski definition) is 6. The van der Waals surface area contributed by atoms with Crippen LogP contribution >= 0.6 is 0 Å². The number of carbonyl (C=O) groups is 1. The number of aliphatic hydroxyl groups is 1. The van der Waals surface area contributed by atoms with Gasteiger partial charge in [-0.1, -0.05) is 6.07 Å². The van der Waals surface area contributed by atoms with Gasteiger partial charge in [0.15, 0.2) is 11.5 Å². The fourth-order valence-electron chi connectivity index (χ4n) is 2.98.